The summed E-state index contributed by atoms with van der Waals surface area (Å²) in [6.45, 7) is 9.18. The topological polar surface area (TPSA) is 230 Å². The Kier molecular flexibility index (Phi) is 17.0. The van der Waals surface area contributed by atoms with Gasteiger partial charge in [-0.3, -0.25) is 24.7 Å². The minimum atomic E-state index is -3.98. The minimum Gasteiger partial charge on any atom is -0.480 e. The van der Waals surface area contributed by atoms with E-state index in [1.54, 1.807) is 26.0 Å². The number of nitrogens with one attached hydrogen (secondary N) is 5. The molecule has 1 aliphatic rings. The third kappa shape index (κ3) is 14.1. The largest absolute Gasteiger partial charge is 0.480 e. The summed E-state index contributed by atoms with van der Waals surface area (Å²) in [6, 6.07) is 18.0. The van der Waals surface area contributed by atoms with E-state index in [-0.39, 0.29) is 42.8 Å². The van der Waals surface area contributed by atoms with Crippen molar-refractivity contribution in [1.82, 2.24) is 26.0 Å². The van der Waals surface area contributed by atoms with Crippen LogP contribution in [-0.2, 0) is 42.2 Å². The smallest absolute Gasteiger partial charge is 0.408 e. The van der Waals surface area contributed by atoms with Crippen molar-refractivity contribution in [3.05, 3.63) is 101 Å². The summed E-state index contributed by atoms with van der Waals surface area (Å²) >= 11 is 1.52. The number of nitrogens with zero attached hydrogens (tertiary/aromatic N) is 1. The van der Waals surface area contributed by atoms with Crippen LogP contribution in [0.15, 0.2) is 82.7 Å². The fraction of sp³-hybridized carbons (Fsp3) is 0.439. The standard InChI is InChI=1S/C41H55N7O8S2/c1-25(2)35(37(50)44-34(23-29-10-7-6-8-11-29)38-45-33(39(51)52)19-21-57-38)47-36(49)32(46-41(53)56-24-30-22-27(4)13-16-28(30)5)12-9-20-43-40(42)48-58(54,55)31-17-14-26(3)15-18-31/h6-8,10-11,13-18,22,25,32-35,38,45H,9,12,19-21,23-24H2,1-5H3,(H,44,50)(H,46,53)(H,47,49)(H,51,52)(H3,42,43,48)/t32-,33?,34?,35-,38?/m0/s1. The Labute approximate surface area is 344 Å². The van der Waals surface area contributed by atoms with Crippen molar-refractivity contribution < 1.29 is 37.4 Å². The number of aryl methyl sites for hydroxylation is 3. The number of aliphatic imine (C=N–C) groups is 1. The Hall–Kier alpha value is -5.13. The monoisotopic (exact) mass is 837 g/mol. The van der Waals surface area contributed by atoms with E-state index >= 15 is 0 Å². The highest BCUT2D eigenvalue weighted by atomic mass is 32.2. The SMILES string of the molecule is Cc1ccc(S(=O)(=O)NC(N)=NCCC[C@H](NC(=O)OCc2cc(C)ccc2C)C(=O)N[C@H](C(=O)NC(Cc2ccccc2)C2NC(C(=O)O)CCS2)C(C)C)cc1. The molecular formula is C41H55N7O8S2. The first-order valence-electron chi connectivity index (χ1n) is 19.2. The molecule has 8 N–H and O–H groups in total. The number of benzene rings is 3. The molecule has 1 saturated heterocycles. The average molecular weight is 838 g/mol. The second-order valence-corrected chi connectivity index (χ2v) is 17.6. The number of ether oxygens (including phenoxy) is 1. The van der Waals surface area contributed by atoms with Crippen LogP contribution in [0.1, 0.15) is 60.9 Å². The molecule has 1 fully saturated rings. The first-order chi connectivity index (χ1) is 27.5. The third-order valence-electron chi connectivity index (χ3n) is 9.58. The molecule has 17 heteroatoms. The predicted molar refractivity (Wildman–Crippen MR) is 225 cm³/mol. The van der Waals surface area contributed by atoms with E-state index < -0.39 is 63.4 Å². The van der Waals surface area contributed by atoms with E-state index in [0.29, 0.717) is 18.6 Å². The van der Waals surface area contributed by atoms with E-state index in [1.165, 1.54) is 23.9 Å². The van der Waals surface area contributed by atoms with Gasteiger partial charge >= 0.3 is 12.1 Å². The molecule has 4 rings (SSSR count). The zero-order chi connectivity index (χ0) is 42.4. The fourth-order valence-electron chi connectivity index (χ4n) is 6.23. The fourth-order valence-corrected chi connectivity index (χ4v) is 8.46. The maximum Gasteiger partial charge on any atom is 0.408 e. The summed E-state index contributed by atoms with van der Waals surface area (Å²) in [7, 11) is -3.98. The molecule has 0 radical (unpaired) electrons. The van der Waals surface area contributed by atoms with Crippen molar-refractivity contribution in [1.29, 1.82) is 0 Å². The Morgan fingerprint density at radius 3 is 2.31 bits per heavy atom. The van der Waals surface area contributed by atoms with Gasteiger partial charge in [-0.1, -0.05) is 85.6 Å². The number of rotatable bonds is 18. The lowest BCUT2D eigenvalue weighted by molar-refractivity contribution is -0.139. The van der Waals surface area contributed by atoms with Crippen LogP contribution in [0.5, 0.6) is 0 Å². The van der Waals surface area contributed by atoms with E-state index in [9.17, 15) is 32.7 Å². The lowest BCUT2D eigenvalue weighted by atomic mass is 10.00. The molecule has 0 spiro atoms. The predicted octanol–water partition coefficient (Wildman–Crippen LogP) is 3.65. The van der Waals surface area contributed by atoms with E-state index in [1.807, 2.05) is 69.3 Å². The van der Waals surface area contributed by atoms with Gasteiger partial charge in [0.1, 0.15) is 24.7 Å². The van der Waals surface area contributed by atoms with Gasteiger partial charge in [-0.2, -0.15) is 0 Å². The van der Waals surface area contributed by atoms with Crippen molar-refractivity contribution in [3.63, 3.8) is 0 Å². The zero-order valence-electron chi connectivity index (χ0n) is 33.5. The summed E-state index contributed by atoms with van der Waals surface area (Å²) in [5.41, 5.74) is 10.5. The van der Waals surface area contributed by atoms with Crippen LogP contribution in [0.4, 0.5) is 4.79 Å². The summed E-state index contributed by atoms with van der Waals surface area (Å²) in [5, 5.41) is 21.0. The molecular weight excluding hydrogens is 783 g/mol. The molecule has 0 aliphatic carbocycles. The van der Waals surface area contributed by atoms with Gasteiger partial charge in [0.25, 0.3) is 10.0 Å². The second-order valence-electron chi connectivity index (χ2n) is 14.7. The van der Waals surface area contributed by atoms with Gasteiger partial charge in [0.15, 0.2) is 0 Å². The van der Waals surface area contributed by atoms with Crippen LogP contribution < -0.4 is 31.7 Å². The molecule has 5 atom stereocenters. The Balaban J connectivity index is 1.48. The first kappa shape index (κ1) is 45.6. The number of nitrogens with two attached hydrogens (primary N) is 1. The van der Waals surface area contributed by atoms with Gasteiger partial charge in [0.2, 0.25) is 17.8 Å². The number of carboxylic acid groups (broad SMARTS) is 1. The second kappa shape index (κ2) is 21.6. The number of carbonyl (C=O) groups excluding carboxylic acids is 3. The lowest BCUT2D eigenvalue weighted by Crippen LogP contribution is -2.60. The van der Waals surface area contributed by atoms with Crippen LogP contribution in [0.3, 0.4) is 0 Å². The lowest BCUT2D eigenvalue weighted by Gasteiger charge is -2.35. The van der Waals surface area contributed by atoms with Gasteiger partial charge in [0.05, 0.1) is 16.3 Å². The summed E-state index contributed by atoms with van der Waals surface area (Å²) < 4.78 is 33.3. The number of alkyl carbamates (subject to hydrolysis) is 1. The number of carbonyl (C=O) groups is 4. The number of sulfonamides is 1. The molecule has 0 bridgehead atoms. The van der Waals surface area contributed by atoms with Crippen LogP contribution in [-0.4, -0.2) is 85.2 Å². The van der Waals surface area contributed by atoms with E-state index in [0.717, 1.165) is 27.8 Å². The Bertz CT molecular complexity index is 2010. The molecule has 3 aromatic carbocycles. The Morgan fingerprint density at radius 1 is 0.948 bits per heavy atom. The summed E-state index contributed by atoms with van der Waals surface area (Å²) in [4.78, 5) is 57.1. The van der Waals surface area contributed by atoms with Crippen molar-refractivity contribution >= 4 is 51.6 Å². The molecule has 3 amide bonds. The number of guanidine groups is 1. The number of thioether (sulfide) groups is 1. The van der Waals surface area contributed by atoms with Gasteiger partial charge in [-0.25, -0.2) is 17.9 Å². The minimum absolute atomic E-state index is 0.00387. The van der Waals surface area contributed by atoms with Gasteiger partial charge in [-0.15, -0.1) is 11.8 Å². The first-order valence-corrected chi connectivity index (χ1v) is 21.7. The molecule has 0 aromatic heterocycles. The van der Waals surface area contributed by atoms with Crippen LogP contribution >= 0.6 is 11.8 Å². The van der Waals surface area contributed by atoms with E-state index in [4.69, 9.17) is 10.5 Å². The molecule has 3 aromatic rings. The number of amides is 3. The number of aliphatic carboxylic acids is 1. The zero-order valence-corrected chi connectivity index (χ0v) is 35.1. The highest BCUT2D eigenvalue weighted by Gasteiger charge is 2.35. The van der Waals surface area contributed by atoms with Crippen molar-refractivity contribution in [2.24, 2.45) is 16.6 Å². The molecule has 0 saturated carbocycles. The maximum absolute atomic E-state index is 14.0. The quantitative estimate of drug-likeness (QED) is 0.0556. The molecule has 314 valence electrons. The maximum atomic E-state index is 14.0. The molecule has 58 heavy (non-hydrogen) atoms. The van der Waals surface area contributed by atoms with Gasteiger partial charge in [0, 0.05) is 6.54 Å². The molecule has 1 aliphatic heterocycles. The summed E-state index contributed by atoms with van der Waals surface area (Å²) in [5.74, 6) is -2.23. The van der Waals surface area contributed by atoms with Gasteiger partial charge in [-0.05, 0) is 86.9 Å². The van der Waals surface area contributed by atoms with Crippen LogP contribution in [0, 0.1) is 26.7 Å². The number of hydrogen-bond acceptors (Lipinski definition) is 10. The Morgan fingerprint density at radius 2 is 1.64 bits per heavy atom. The molecule has 1 heterocycles. The van der Waals surface area contributed by atoms with E-state index in [2.05, 4.69) is 31.0 Å². The normalized spacial score (nSPS) is 17.4. The highest BCUT2D eigenvalue weighted by Crippen LogP contribution is 2.24. The highest BCUT2D eigenvalue weighted by molar-refractivity contribution is 7.99. The van der Waals surface area contributed by atoms with Crippen molar-refractivity contribution in [2.75, 3.05) is 12.3 Å². The number of carboxylic acids is 1. The van der Waals surface area contributed by atoms with Crippen molar-refractivity contribution in [3.8, 4) is 0 Å². The third-order valence-corrected chi connectivity index (χ3v) is 12.2. The van der Waals surface area contributed by atoms with Crippen molar-refractivity contribution in [2.45, 2.75) is 101 Å². The average Bonchev–Trinajstić information content (AvgIpc) is 3.18. The molecule has 3 unspecified atom stereocenters. The van der Waals surface area contributed by atoms with Crippen LogP contribution in [0.2, 0.25) is 0 Å². The molecule has 15 nitrogen and oxygen atoms in total. The van der Waals surface area contributed by atoms with Crippen LogP contribution in [0.25, 0.3) is 0 Å². The summed E-state index contributed by atoms with van der Waals surface area (Å²) in [6.07, 6.45) is 0.222. The number of hydrogen-bond donors (Lipinski definition) is 7. The van der Waals surface area contributed by atoms with Gasteiger partial charge < -0.3 is 31.5 Å².